The van der Waals surface area contributed by atoms with Crippen molar-refractivity contribution in [2.24, 2.45) is 0 Å². The Bertz CT molecular complexity index is 939. The summed E-state index contributed by atoms with van der Waals surface area (Å²) in [5, 5.41) is 0. The second kappa shape index (κ2) is 9.87. The number of benzene rings is 2. The van der Waals surface area contributed by atoms with Crippen molar-refractivity contribution >= 4 is 17.6 Å². The molecular formula is C24H27NO5. The maximum absolute atomic E-state index is 12.6. The average molecular weight is 409 g/mol. The molecule has 2 aromatic rings. The van der Waals surface area contributed by atoms with Crippen molar-refractivity contribution in [3.05, 3.63) is 59.7 Å². The molecule has 0 spiro atoms. The van der Waals surface area contributed by atoms with Gasteiger partial charge in [0.05, 0.1) is 34.0 Å². The number of amides is 1. The van der Waals surface area contributed by atoms with E-state index in [2.05, 4.69) is 0 Å². The van der Waals surface area contributed by atoms with Crippen molar-refractivity contribution in [2.45, 2.75) is 6.42 Å². The lowest BCUT2D eigenvalue weighted by atomic mass is 9.97. The second-order valence-electron chi connectivity index (χ2n) is 6.78. The Kier molecular flexibility index (Phi) is 7.01. The summed E-state index contributed by atoms with van der Waals surface area (Å²) in [4.78, 5) is 14.4. The highest BCUT2D eigenvalue weighted by atomic mass is 16.5. The molecule has 0 fully saturated rings. The molecule has 1 amide bonds. The third-order valence-corrected chi connectivity index (χ3v) is 5.07. The van der Waals surface area contributed by atoms with Crippen molar-refractivity contribution in [1.82, 2.24) is 4.90 Å². The first-order valence-electron chi connectivity index (χ1n) is 9.70. The molecule has 0 saturated carbocycles. The molecular weight excluding hydrogens is 382 g/mol. The fourth-order valence-electron chi connectivity index (χ4n) is 3.44. The Morgan fingerprint density at radius 2 is 1.63 bits per heavy atom. The first-order chi connectivity index (χ1) is 14.6. The van der Waals surface area contributed by atoms with Gasteiger partial charge in [-0.05, 0) is 35.8 Å². The maximum atomic E-state index is 12.6. The number of carbonyl (C=O) groups is 1. The maximum Gasteiger partial charge on any atom is 0.246 e. The lowest BCUT2D eigenvalue weighted by Gasteiger charge is -2.27. The summed E-state index contributed by atoms with van der Waals surface area (Å²) in [6.07, 6.45) is 6.16. The molecule has 0 saturated heterocycles. The van der Waals surface area contributed by atoms with Crippen LogP contribution in [0.1, 0.15) is 17.5 Å². The minimum Gasteiger partial charge on any atom is -0.497 e. The zero-order valence-electron chi connectivity index (χ0n) is 17.8. The molecule has 3 rings (SSSR count). The number of methoxy groups -OCH3 is 4. The third kappa shape index (κ3) is 4.76. The van der Waals surface area contributed by atoms with Crippen LogP contribution in [0.3, 0.4) is 0 Å². The number of hydrogen-bond donors (Lipinski definition) is 0. The number of ether oxygens (including phenoxy) is 4. The molecule has 1 aliphatic heterocycles. The molecule has 0 N–H and O–H groups in total. The van der Waals surface area contributed by atoms with Gasteiger partial charge in [-0.25, -0.2) is 0 Å². The van der Waals surface area contributed by atoms with Crippen molar-refractivity contribution in [3.8, 4) is 23.0 Å². The van der Waals surface area contributed by atoms with E-state index in [0.717, 1.165) is 22.4 Å². The van der Waals surface area contributed by atoms with E-state index >= 15 is 0 Å². The Morgan fingerprint density at radius 3 is 2.20 bits per heavy atom. The molecule has 2 aromatic carbocycles. The van der Waals surface area contributed by atoms with Crippen LogP contribution in [0.15, 0.2) is 48.6 Å². The van der Waals surface area contributed by atoms with E-state index in [9.17, 15) is 4.79 Å². The second-order valence-corrected chi connectivity index (χ2v) is 6.78. The van der Waals surface area contributed by atoms with Gasteiger partial charge in [0.1, 0.15) is 23.0 Å². The van der Waals surface area contributed by atoms with Gasteiger partial charge >= 0.3 is 0 Å². The summed E-state index contributed by atoms with van der Waals surface area (Å²) >= 11 is 0. The summed E-state index contributed by atoms with van der Waals surface area (Å²) in [5.41, 5.74) is 2.91. The highest BCUT2D eigenvalue weighted by molar-refractivity contribution is 5.92. The Balaban J connectivity index is 1.75. The fourth-order valence-corrected chi connectivity index (χ4v) is 3.44. The van der Waals surface area contributed by atoms with Crippen LogP contribution in [0.5, 0.6) is 23.0 Å². The van der Waals surface area contributed by atoms with Gasteiger partial charge in [0.25, 0.3) is 0 Å². The van der Waals surface area contributed by atoms with E-state index in [4.69, 9.17) is 18.9 Å². The van der Waals surface area contributed by atoms with Gasteiger partial charge in [-0.2, -0.15) is 0 Å². The van der Waals surface area contributed by atoms with Gasteiger partial charge in [-0.3, -0.25) is 4.79 Å². The number of nitrogens with zero attached hydrogens (tertiary/aromatic N) is 1. The lowest BCUT2D eigenvalue weighted by Crippen LogP contribution is -2.33. The van der Waals surface area contributed by atoms with Gasteiger partial charge in [0.15, 0.2) is 0 Å². The monoisotopic (exact) mass is 409 g/mol. The van der Waals surface area contributed by atoms with E-state index in [0.29, 0.717) is 36.8 Å². The molecule has 1 heterocycles. The number of hydrogen-bond acceptors (Lipinski definition) is 5. The summed E-state index contributed by atoms with van der Waals surface area (Å²) in [5.74, 6) is 2.79. The molecule has 0 aromatic heterocycles. The zero-order chi connectivity index (χ0) is 21.5. The summed E-state index contributed by atoms with van der Waals surface area (Å²) in [6.45, 7) is 1.14. The van der Waals surface area contributed by atoms with E-state index in [1.165, 1.54) is 0 Å². The summed E-state index contributed by atoms with van der Waals surface area (Å²) in [7, 11) is 6.48. The van der Waals surface area contributed by atoms with Gasteiger partial charge in [-0.1, -0.05) is 18.2 Å². The number of rotatable bonds is 7. The molecule has 30 heavy (non-hydrogen) atoms. The zero-order valence-corrected chi connectivity index (χ0v) is 17.8. The minimum absolute atomic E-state index is 0.0261. The Morgan fingerprint density at radius 1 is 0.933 bits per heavy atom. The molecule has 0 atom stereocenters. The Hall–Kier alpha value is -3.41. The van der Waals surface area contributed by atoms with Gasteiger partial charge in [-0.15, -0.1) is 0 Å². The van der Waals surface area contributed by atoms with Crippen molar-refractivity contribution < 1.29 is 23.7 Å². The molecule has 158 valence electrons. The topological polar surface area (TPSA) is 57.2 Å². The SMILES string of the molecule is COc1cccc(C=CC(=O)N2CC=C(c3c(OC)cc(OC)cc3OC)CC2)c1. The standard InChI is InChI=1S/C24H27NO5/c1-27-19-7-5-6-17(14-19)8-9-23(26)25-12-10-18(11-13-25)24-21(29-3)15-20(28-2)16-22(24)30-4/h5-10,14-16H,11-13H2,1-4H3. The minimum atomic E-state index is -0.0261. The number of carbonyl (C=O) groups excluding carboxylic acids is 1. The van der Waals surface area contributed by atoms with Crippen LogP contribution in [0.25, 0.3) is 11.6 Å². The smallest absolute Gasteiger partial charge is 0.246 e. The van der Waals surface area contributed by atoms with Crippen molar-refractivity contribution in [1.29, 1.82) is 0 Å². The van der Waals surface area contributed by atoms with Crippen LogP contribution in [-0.2, 0) is 4.79 Å². The van der Waals surface area contributed by atoms with Crippen LogP contribution in [0.4, 0.5) is 0 Å². The van der Waals surface area contributed by atoms with Crippen LogP contribution >= 0.6 is 0 Å². The van der Waals surface area contributed by atoms with Crippen LogP contribution in [-0.4, -0.2) is 52.3 Å². The summed E-state index contributed by atoms with van der Waals surface area (Å²) in [6, 6.07) is 11.3. The van der Waals surface area contributed by atoms with E-state index in [1.54, 1.807) is 40.6 Å². The fraction of sp³-hybridized carbons (Fsp3) is 0.292. The Labute approximate surface area is 177 Å². The van der Waals surface area contributed by atoms with Crippen LogP contribution < -0.4 is 18.9 Å². The normalized spacial score (nSPS) is 13.7. The molecule has 1 aliphatic rings. The largest absolute Gasteiger partial charge is 0.497 e. The lowest BCUT2D eigenvalue weighted by molar-refractivity contribution is -0.125. The van der Waals surface area contributed by atoms with Gasteiger partial charge in [0.2, 0.25) is 5.91 Å². The quantitative estimate of drug-likeness (QED) is 0.646. The van der Waals surface area contributed by atoms with Crippen LogP contribution in [0.2, 0.25) is 0 Å². The molecule has 6 nitrogen and oxygen atoms in total. The summed E-state index contributed by atoms with van der Waals surface area (Å²) < 4.78 is 21.7. The van der Waals surface area contributed by atoms with E-state index in [-0.39, 0.29) is 5.91 Å². The van der Waals surface area contributed by atoms with E-state index < -0.39 is 0 Å². The van der Waals surface area contributed by atoms with E-state index in [1.807, 2.05) is 47.4 Å². The molecule has 0 radical (unpaired) electrons. The first kappa shape index (κ1) is 21.3. The predicted molar refractivity (Wildman–Crippen MR) is 117 cm³/mol. The molecule has 6 heteroatoms. The molecule has 0 bridgehead atoms. The molecule has 0 aliphatic carbocycles. The molecule has 0 unspecified atom stereocenters. The van der Waals surface area contributed by atoms with Crippen LogP contribution in [0, 0.1) is 0 Å². The van der Waals surface area contributed by atoms with Crippen molar-refractivity contribution in [3.63, 3.8) is 0 Å². The van der Waals surface area contributed by atoms with Gasteiger partial charge < -0.3 is 23.8 Å². The van der Waals surface area contributed by atoms with Crippen molar-refractivity contribution in [2.75, 3.05) is 41.5 Å². The highest BCUT2D eigenvalue weighted by Crippen LogP contribution is 2.40. The predicted octanol–water partition coefficient (Wildman–Crippen LogP) is 4.05. The highest BCUT2D eigenvalue weighted by Gasteiger charge is 2.22. The average Bonchev–Trinajstić information content (AvgIpc) is 2.81. The van der Waals surface area contributed by atoms with Gasteiger partial charge in [0, 0.05) is 31.3 Å². The third-order valence-electron chi connectivity index (χ3n) is 5.07. The first-order valence-corrected chi connectivity index (χ1v) is 9.70.